The average Bonchev–Trinajstić information content (AvgIpc) is 2.47. The summed E-state index contributed by atoms with van der Waals surface area (Å²) in [6.45, 7) is 0.975. The molecule has 0 spiro atoms. The van der Waals surface area contributed by atoms with Gasteiger partial charge in [-0.15, -0.1) is 0 Å². The highest BCUT2D eigenvalue weighted by atomic mass is 16.5. The van der Waals surface area contributed by atoms with Crippen molar-refractivity contribution in [3.63, 3.8) is 0 Å². The fourth-order valence-corrected chi connectivity index (χ4v) is 1.78. The molecule has 0 bridgehead atoms. The second-order valence-electron chi connectivity index (χ2n) is 4.13. The summed E-state index contributed by atoms with van der Waals surface area (Å²) in [5.74, 6) is 0.718. The van der Waals surface area contributed by atoms with Gasteiger partial charge >= 0.3 is 0 Å². The van der Waals surface area contributed by atoms with Gasteiger partial charge in [-0.1, -0.05) is 30.3 Å². The molecule has 0 aliphatic carbocycles. The summed E-state index contributed by atoms with van der Waals surface area (Å²) in [6, 6.07) is 20.0. The van der Waals surface area contributed by atoms with Gasteiger partial charge in [0, 0.05) is 12.2 Å². The molecular formula is C16H16N2O. The van der Waals surface area contributed by atoms with Gasteiger partial charge < -0.3 is 10.1 Å². The first-order valence-corrected chi connectivity index (χ1v) is 6.26. The highest BCUT2D eigenvalue weighted by Gasteiger charge is 1.95. The highest BCUT2D eigenvalue weighted by molar-refractivity contribution is 5.46. The first kappa shape index (κ1) is 13.0. The molecule has 0 fully saturated rings. The van der Waals surface area contributed by atoms with Gasteiger partial charge in [-0.05, 0) is 36.2 Å². The van der Waals surface area contributed by atoms with E-state index in [0.29, 0.717) is 0 Å². The third-order valence-corrected chi connectivity index (χ3v) is 2.74. The number of anilines is 1. The van der Waals surface area contributed by atoms with Crippen molar-refractivity contribution in [1.29, 1.82) is 5.26 Å². The molecule has 2 aromatic carbocycles. The Labute approximate surface area is 113 Å². The summed E-state index contributed by atoms with van der Waals surface area (Å²) in [7, 11) is 0. The molecule has 0 aliphatic heterocycles. The summed E-state index contributed by atoms with van der Waals surface area (Å²) in [5, 5.41) is 11.8. The molecule has 0 aliphatic rings. The molecule has 19 heavy (non-hydrogen) atoms. The first-order chi connectivity index (χ1) is 9.38. The number of hydrogen-bond acceptors (Lipinski definition) is 3. The normalized spacial score (nSPS) is 9.63. The van der Waals surface area contributed by atoms with Crippen LogP contribution in [0.3, 0.4) is 0 Å². The standard InChI is InChI=1S/C16H16N2O/c17-11-13-19-16-8-6-15(7-9-16)18-12-10-14-4-2-1-3-5-14/h1-9,18H,10,12-13H2. The van der Waals surface area contributed by atoms with Crippen molar-refractivity contribution >= 4 is 5.69 Å². The van der Waals surface area contributed by atoms with Crippen LogP contribution in [-0.2, 0) is 6.42 Å². The third-order valence-electron chi connectivity index (χ3n) is 2.74. The zero-order chi connectivity index (χ0) is 13.3. The number of benzene rings is 2. The number of hydrogen-bond donors (Lipinski definition) is 1. The van der Waals surface area contributed by atoms with E-state index in [1.165, 1.54) is 5.56 Å². The van der Waals surface area contributed by atoms with Crippen LogP contribution in [0.4, 0.5) is 5.69 Å². The summed E-state index contributed by atoms with van der Waals surface area (Å²) < 4.78 is 5.20. The van der Waals surface area contributed by atoms with Crippen molar-refractivity contribution in [3.8, 4) is 11.8 Å². The molecule has 0 saturated carbocycles. The number of nitrogens with one attached hydrogen (secondary N) is 1. The lowest BCUT2D eigenvalue weighted by Gasteiger charge is -2.07. The molecule has 1 N–H and O–H groups in total. The average molecular weight is 252 g/mol. The molecule has 96 valence electrons. The Morgan fingerprint density at radius 1 is 1.00 bits per heavy atom. The fourth-order valence-electron chi connectivity index (χ4n) is 1.78. The van der Waals surface area contributed by atoms with Crippen LogP contribution in [0.1, 0.15) is 5.56 Å². The van der Waals surface area contributed by atoms with Crippen LogP contribution in [0.25, 0.3) is 0 Å². The zero-order valence-electron chi connectivity index (χ0n) is 10.7. The van der Waals surface area contributed by atoms with Crippen LogP contribution in [0, 0.1) is 11.3 Å². The van der Waals surface area contributed by atoms with Crippen LogP contribution in [-0.4, -0.2) is 13.2 Å². The summed E-state index contributed by atoms with van der Waals surface area (Å²) in [4.78, 5) is 0. The molecular weight excluding hydrogens is 236 g/mol. The first-order valence-electron chi connectivity index (χ1n) is 6.26. The number of nitrogens with zero attached hydrogens (tertiary/aromatic N) is 1. The van der Waals surface area contributed by atoms with E-state index >= 15 is 0 Å². The van der Waals surface area contributed by atoms with E-state index in [1.54, 1.807) is 0 Å². The SMILES string of the molecule is N#CCOc1ccc(NCCc2ccccc2)cc1. The predicted molar refractivity (Wildman–Crippen MR) is 76.2 cm³/mol. The van der Waals surface area contributed by atoms with Gasteiger partial charge in [-0.2, -0.15) is 5.26 Å². The molecule has 0 radical (unpaired) electrons. The Balaban J connectivity index is 1.79. The molecule has 0 unspecified atom stereocenters. The molecule has 0 amide bonds. The summed E-state index contributed by atoms with van der Waals surface area (Å²) >= 11 is 0. The van der Waals surface area contributed by atoms with E-state index in [1.807, 2.05) is 36.4 Å². The van der Waals surface area contributed by atoms with Crippen LogP contribution in [0.15, 0.2) is 54.6 Å². The Morgan fingerprint density at radius 3 is 2.42 bits per heavy atom. The van der Waals surface area contributed by atoms with Crippen molar-refractivity contribution in [2.45, 2.75) is 6.42 Å². The van der Waals surface area contributed by atoms with E-state index in [-0.39, 0.29) is 6.61 Å². The van der Waals surface area contributed by atoms with E-state index < -0.39 is 0 Å². The van der Waals surface area contributed by atoms with E-state index in [2.05, 4.69) is 29.6 Å². The number of ether oxygens (including phenoxy) is 1. The monoisotopic (exact) mass is 252 g/mol. The molecule has 3 heteroatoms. The van der Waals surface area contributed by atoms with Crippen molar-refractivity contribution in [2.24, 2.45) is 0 Å². The van der Waals surface area contributed by atoms with Gasteiger partial charge in [0.15, 0.2) is 6.61 Å². The van der Waals surface area contributed by atoms with Crippen LogP contribution >= 0.6 is 0 Å². The Bertz CT molecular complexity index is 529. The lowest BCUT2D eigenvalue weighted by molar-refractivity contribution is 0.368. The van der Waals surface area contributed by atoms with Crippen molar-refractivity contribution in [3.05, 3.63) is 60.2 Å². The van der Waals surface area contributed by atoms with Crippen molar-refractivity contribution in [2.75, 3.05) is 18.5 Å². The smallest absolute Gasteiger partial charge is 0.174 e. The molecule has 3 nitrogen and oxygen atoms in total. The van der Waals surface area contributed by atoms with Crippen molar-refractivity contribution < 1.29 is 4.74 Å². The minimum Gasteiger partial charge on any atom is -0.479 e. The van der Waals surface area contributed by atoms with Crippen LogP contribution < -0.4 is 10.1 Å². The minimum absolute atomic E-state index is 0.0841. The number of nitriles is 1. The van der Waals surface area contributed by atoms with Crippen LogP contribution in [0.2, 0.25) is 0 Å². The maximum absolute atomic E-state index is 8.42. The van der Waals surface area contributed by atoms with Crippen molar-refractivity contribution in [1.82, 2.24) is 0 Å². The molecule has 0 saturated heterocycles. The maximum atomic E-state index is 8.42. The lowest BCUT2D eigenvalue weighted by Crippen LogP contribution is -2.04. The summed E-state index contributed by atoms with van der Waals surface area (Å²) in [6.07, 6.45) is 0.994. The maximum Gasteiger partial charge on any atom is 0.174 e. The van der Waals surface area contributed by atoms with Gasteiger partial charge in [0.2, 0.25) is 0 Å². The Kier molecular flexibility index (Phi) is 4.83. The van der Waals surface area contributed by atoms with E-state index in [9.17, 15) is 0 Å². The predicted octanol–water partition coefficient (Wildman–Crippen LogP) is 3.24. The second-order valence-corrected chi connectivity index (χ2v) is 4.13. The van der Waals surface area contributed by atoms with Gasteiger partial charge in [0.1, 0.15) is 11.8 Å². The van der Waals surface area contributed by atoms with Crippen LogP contribution in [0.5, 0.6) is 5.75 Å². The highest BCUT2D eigenvalue weighted by Crippen LogP contribution is 2.15. The Hall–Kier alpha value is -2.47. The molecule has 0 atom stereocenters. The molecule has 2 aromatic rings. The minimum atomic E-state index is 0.0841. The van der Waals surface area contributed by atoms with E-state index in [0.717, 1.165) is 24.4 Å². The summed E-state index contributed by atoms with van der Waals surface area (Å²) in [5.41, 5.74) is 2.38. The molecule has 2 rings (SSSR count). The van der Waals surface area contributed by atoms with Gasteiger partial charge in [0.25, 0.3) is 0 Å². The molecule has 0 heterocycles. The molecule has 0 aromatic heterocycles. The largest absolute Gasteiger partial charge is 0.479 e. The van der Waals surface area contributed by atoms with E-state index in [4.69, 9.17) is 10.00 Å². The quantitative estimate of drug-likeness (QED) is 0.858. The third kappa shape index (κ3) is 4.36. The van der Waals surface area contributed by atoms with Gasteiger partial charge in [0.05, 0.1) is 0 Å². The zero-order valence-corrected chi connectivity index (χ0v) is 10.7. The Morgan fingerprint density at radius 2 is 1.74 bits per heavy atom. The fraction of sp³-hybridized carbons (Fsp3) is 0.188. The number of rotatable bonds is 6. The van der Waals surface area contributed by atoms with Gasteiger partial charge in [-0.3, -0.25) is 0 Å². The lowest BCUT2D eigenvalue weighted by atomic mass is 10.1. The topological polar surface area (TPSA) is 45.0 Å². The van der Waals surface area contributed by atoms with Gasteiger partial charge in [-0.25, -0.2) is 0 Å². The second kappa shape index (κ2) is 7.07.